The number of aliphatic hydroxyl groups excluding tert-OH is 1. The highest BCUT2D eigenvalue weighted by Gasteiger charge is 2.11. The zero-order valence-electron chi connectivity index (χ0n) is 10.7. The van der Waals surface area contributed by atoms with Gasteiger partial charge in [0, 0.05) is 18.7 Å². The van der Waals surface area contributed by atoms with Gasteiger partial charge in [-0.15, -0.1) is 0 Å². The smallest absolute Gasteiger partial charge is 0.114 e. The van der Waals surface area contributed by atoms with Gasteiger partial charge in [-0.1, -0.05) is 30.3 Å². The van der Waals surface area contributed by atoms with Crippen LogP contribution < -0.4 is 0 Å². The molecule has 0 fully saturated rings. The van der Waals surface area contributed by atoms with E-state index in [1.54, 1.807) is 0 Å². The van der Waals surface area contributed by atoms with Crippen LogP contribution in [-0.4, -0.2) is 21.3 Å². The molecular weight excluding hydrogens is 236 g/mol. The molecule has 19 heavy (non-hydrogen) atoms. The van der Waals surface area contributed by atoms with Gasteiger partial charge in [0.05, 0.1) is 11.0 Å². The minimum absolute atomic E-state index is 0.192. The van der Waals surface area contributed by atoms with Gasteiger partial charge in [0.1, 0.15) is 5.82 Å². The Balaban J connectivity index is 2.19. The summed E-state index contributed by atoms with van der Waals surface area (Å²) < 4.78 is 2.17. The van der Waals surface area contributed by atoms with E-state index in [9.17, 15) is 0 Å². The zero-order chi connectivity index (χ0) is 13.1. The van der Waals surface area contributed by atoms with Crippen LogP contribution in [0.25, 0.3) is 16.7 Å². The molecule has 3 nitrogen and oxygen atoms in total. The van der Waals surface area contributed by atoms with Crippen molar-refractivity contribution in [1.29, 1.82) is 0 Å². The van der Waals surface area contributed by atoms with Gasteiger partial charge in [-0.05, 0) is 30.7 Å². The van der Waals surface area contributed by atoms with Crippen molar-refractivity contribution in [3.05, 3.63) is 60.4 Å². The van der Waals surface area contributed by atoms with Crippen molar-refractivity contribution in [2.75, 3.05) is 6.61 Å². The molecule has 0 spiro atoms. The molecule has 1 aromatic heterocycles. The van der Waals surface area contributed by atoms with Crippen molar-refractivity contribution in [2.24, 2.45) is 0 Å². The van der Waals surface area contributed by atoms with Crippen LogP contribution in [0, 0.1) is 0 Å². The third-order valence-corrected chi connectivity index (χ3v) is 3.20. The normalized spacial score (nSPS) is 11.0. The summed E-state index contributed by atoms with van der Waals surface area (Å²) in [6, 6.07) is 18.4. The molecule has 0 amide bonds. The average molecular weight is 252 g/mol. The van der Waals surface area contributed by atoms with Crippen molar-refractivity contribution in [2.45, 2.75) is 12.8 Å². The summed E-state index contributed by atoms with van der Waals surface area (Å²) in [6.45, 7) is 0.192. The molecule has 0 unspecified atom stereocenters. The third kappa shape index (κ3) is 2.25. The van der Waals surface area contributed by atoms with Crippen LogP contribution in [0.5, 0.6) is 0 Å². The number of aryl methyl sites for hydroxylation is 1. The van der Waals surface area contributed by atoms with E-state index < -0.39 is 0 Å². The Hall–Kier alpha value is -2.13. The molecule has 0 atom stereocenters. The first-order valence-corrected chi connectivity index (χ1v) is 6.53. The van der Waals surface area contributed by atoms with Crippen LogP contribution in [0.1, 0.15) is 12.2 Å². The molecule has 1 N–H and O–H groups in total. The highest BCUT2D eigenvalue weighted by atomic mass is 16.2. The average Bonchev–Trinajstić information content (AvgIpc) is 2.84. The van der Waals surface area contributed by atoms with Gasteiger partial charge in [-0.3, -0.25) is 4.57 Å². The predicted octanol–water partition coefficient (Wildman–Crippen LogP) is 2.95. The highest BCUT2D eigenvalue weighted by molar-refractivity contribution is 5.78. The van der Waals surface area contributed by atoms with Crippen LogP contribution in [0.4, 0.5) is 0 Å². The Morgan fingerprint density at radius 3 is 2.47 bits per heavy atom. The molecule has 3 aromatic rings. The topological polar surface area (TPSA) is 38.1 Å². The van der Waals surface area contributed by atoms with Crippen molar-refractivity contribution in [3.63, 3.8) is 0 Å². The van der Waals surface area contributed by atoms with Crippen LogP contribution in [0.3, 0.4) is 0 Å². The van der Waals surface area contributed by atoms with Gasteiger partial charge in [-0.2, -0.15) is 0 Å². The first-order valence-electron chi connectivity index (χ1n) is 6.53. The number of fused-ring (bicyclic) bond motifs is 1. The Labute approximate surface area is 112 Å². The lowest BCUT2D eigenvalue weighted by Crippen LogP contribution is -2.02. The maximum atomic E-state index is 9.03. The van der Waals surface area contributed by atoms with E-state index in [2.05, 4.69) is 27.8 Å². The Morgan fingerprint density at radius 2 is 1.68 bits per heavy atom. The lowest BCUT2D eigenvalue weighted by atomic mass is 10.2. The number of aliphatic hydroxyl groups is 1. The summed E-state index contributed by atoms with van der Waals surface area (Å²) in [7, 11) is 0. The summed E-state index contributed by atoms with van der Waals surface area (Å²) in [4.78, 5) is 4.68. The fraction of sp³-hybridized carbons (Fsp3) is 0.188. The number of benzene rings is 2. The van der Waals surface area contributed by atoms with E-state index in [0.717, 1.165) is 35.4 Å². The van der Waals surface area contributed by atoms with Crippen LogP contribution in [-0.2, 0) is 6.42 Å². The Kier molecular flexibility index (Phi) is 3.29. The molecule has 0 aliphatic heterocycles. The van der Waals surface area contributed by atoms with Crippen LogP contribution >= 0.6 is 0 Å². The number of rotatable bonds is 4. The fourth-order valence-corrected chi connectivity index (χ4v) is 2.35. The fourth-order valence-electron chi connectivity index (χ4n) is 2.35. The number of hydrogen-bond donors (Lipinski definition) is 1. The first-order chi connectivity index (χ1) is 9.40. The number of aromatic nitrogens is 2. The number of para-hydroxylation sites is 3. The maximum absolute atomic E-state index is 9.03. The maximum Gasteiger partial charge on any atom is 0.114 e. The highest BCUT2D eigenvalue weighted by Crippen LogP contribution is 2.22. The number of imidazole rings is 1. The van der Waals surface area contributed by atoms with Crippen molar-refractivity contribution in [3.8, 4) is 5.69 Å². The Bertz CT molecular complexity index is 674. The minimum atomic E-state index is 0.192. The van der Waals surface area contributed by atoms with Crippen LogP contribution in [0.2, 0.25) is 0 Å². The summed E-state index contributed by atoms with van der Waals surface area (Å²) >= 11 is 0. The van der Waals surface area contributed by atoms with E-state index in [0.29, 0.717) is 0 Å². The quantitative estimate of drug-likeness (QED) is 0.775. The van der Waals surface area contributed by atoms with E-state index in [4.69, 9.17) is 5.11 Å². The summed E-state index contributed by atoms with van der Waals surface area (Å²) in [5.74, 6) is 1.00. The summed E-state index contributed by atoms with van der Waals surface area (Å²) in [5.41, 5.74) is 3.23. The van der Waals surface area contributed by atoms with Crippen molar-refractivity contribution in [1.82, 2.24) is 9.55 Å². The number of hydrogen-bond acceptors (Lipinski definition) is 2. The molecular formula is C16H16N2O. The predicted molar refractivity (Wildman–Crippen MR) is 76.5 cm³/mol. The molecule has 0 saturated carbocycles. The number of nitrogens with zero attached hydrogens (tertiary/aromatic N) is 2. The molecule has 3 heteroatoms. The molecule has 2 aromatic carbocycles. The molecule has 0 radical (unpaired) electrons. The van der Waals surface area contributed by atoms with Gasteiger partial charge in [0.15, 0.2) is 0 Å². The molecule has 0 aliphatic rings. The van der Waals surface area contributed by atoms with Gasteiger partial charge in [0.25, 0.3) is 0 Å². The summed E-state index contributed by atoms with van der Waals surface area (Å²) in [5, 5.41) is 9.03. The first kappa shape index (κ1) is 11.9. The zero-order valence-corrected chi connectivity index (χ0v) is 10.7. The van der Waals surface area contributed by atoms with E-state index in [1.165, 1.54) is 0 Å². The van der Waals surface area contributed by atoms with Crippen LogP contribution in [0.15, 0.2) is 54.6 Å². The molecule has 0 saturated heterocycles. The van der Waals surface area contributed by atoms with Gasteiger partial charge in [-0.25, -0.2) is 4.98 Å². The minimum Gasteiger partial charge on any atom is -0.396 e. The molecule has 0 bridgehead atoms. The standard InChI is InChI=1S/C16H16N2O/c19-12-6-11-16-17-14-9-4-5-10-15(14)18(16)13-7-2-1-3-8-13/h1-5,7-10,19H,6,11-12H2. The molecule has 96 valence electrons. The second kappa shape index (κ2) is 5.24. The monoisotopic (exact) mass is 252 g/mol. The lowest BCUT2D eigenvalue weighted by molar-refractivity contribution is 0.287. The van der Waals surface area contributed by atoms with E-state index >= 15 is 0 Å². The Morgan fingerprint density at radius 1 is 0.947 bits per heavy atom. The van der Waals surface area contributed by atoms with Crippen molar-refractivity contribution >= 4 is 11.0 Å². The van der Waals surface area contributed by atoms with E-state index in [-0.39, 0.29) is 6.61 Å². The largest absolute Gasteiger partial charge is 0.396 e. The van der Waals surface area contributed by atoms with Gasteiger partial charge in [0.2, 0.25) is 0 Å². The summed E-state index contributed by atoms with van der Waals surface area (Å²) in [6.07, 6.45) is 1.51. The molecule has 0 aliphatic carbocycles. The van der Waals surface area contributed by atoms with Gasteiger partial charge < -0.3 is 5.11 Å². The third-order valence-electron chi connectivity index (χ3n) is 3.20. The van der Waals surface area contributed by atoms with E-state index in [1.807, 2.05) is 36.4 Å². The molecule has 3 rings (SSSR count). The molecule has 1 heterocycles. The second-order valence-electron chi connectivity index (χ2n) is 4.51. The lowest BCUT2D eigenvalue weighted by Gasteiger charge is -2.08. The second-order valence-corrected chi connectivity index (χ2v) is 4.51. The van der Waals surface area contributed by atoms with Gasteiger partial charge >= 0.3 is 0 Å². The SMILES string of the molecule is OCCCc1nc2ccccc2n1-c1ccccc1. The van der Waals surface area contributed by atoms with Crippen molar-refractivity contribution < 1.29 is 5.11 Å².